The summed E-state index contributed by atoms with van der Waals surface area (Å²) in [7, 11) is 3.10. The average molecular weight is 457 g/mol. The van der Waals surface area contributed by atoms with E-state index in [2.05, 4.69) is 5.32 Å². The molecule has 0 radical (unpaired) electrons. The number of methoxy groups -OCH3 is 2. The van der Waals surface area contributed by atoms with Crippen LogP contribution in [-0.4, -0.2) is 30.8 Å². The lowest BCUT2D eigenvalue weighted by molar-refractivity contribution is -0.384. The summed E-state index contributed by atoms with van der Waals surface area (Å²) in [6.07, 6.45) is 0.699. The standard InChI is InChI=1S/C23H21ClN2O6/c1-31-20-6-3-12(9-21(20)32-2)13-7-18-23(19(27)8-13)16(11-22(28)25-18)15-10-14(26(29)30)4-5-17(15)24/h3-6,9-10,13,16H,7-8,11H2,1-2H3,(H,25,28)/t13-,16+/m0/s1. The number of non-ortho nitro benzene ring substituents is 1. The highest BCUT2D eigenvalue weighted by Gasteiger charge is 2.39. The van der Waals surface area contributed by atoms with Crippen molar-refractivity contribution in [2.75, 3.05) is 14.2 Å². The molecule has 166 valence electrons. The smallest absolute Gasteiger partial charge is 0.269 e. The summed E-state index contributed by atoms with van der Waals surface area (Å²) in [5.41, 5.74) is 2.20. The van der Waals surface area contributed by atoms with Crippen molar-refractivity contribution in [1.82, 2.24) is 5.32 Å². The number of nitrogens with one attached hydrogen (secondary N) is 1. The number of rotatable bonds is 5. The Kier molecular flexibility index (Phi) is 5.88. The molecule has 2 aromatic carbocycles. The number of Topliss-reactive ketones (excluding diaryl/α,β-unsaturated/α-hetero) is 1. The van der Waals surface area contributed by atoms with Crippen molar-refractivity contribution in [3.63, 3.8) is 0 Å². The predicted molar refractivity (Wildman–Crippen MR) is 117 cm³/mol. The van der Waals surface area contributed by atoms with Gasteiger partial charge in [0.1, 0.15) is 0 Å². The fourth-order valence-corrected chi connectivity index (χ4v) is 4.73. The molecule has 0 spiro atoms. The number of amides is 1. The number of hydrogen-bond donors (Lipinski definition) is 1. The van der Waals surface area contributed by atoms with E-state index in [1.54, 1.807) is 20.3 Å². The number of benzene rings is 2. The van der Waals surface area contributed by atoms with Crippen molar-refractivity contribution >= 4 is 29.0 Å². The number of nitro groups is 1. The molecular formula is C23H21ClN2O6. The third kappa shape index (κ3) is 3.93. The molecule has 2 atom stereocenters. The van der Waals surface area contributed by atoms with Crippen LogP contribution in [0.5, 0.6) is 11.5 Å². The fourth-order valence-electron chi connectivity index (χ4n) is 4.48. The topological polar surface area (TPSA) is 108 Å². The number of ketones is 1. The minimum atomic E-state index is -0.620. The van der Waals surface area contributed by atoms with E-state index in [0.717, 1.165) is 5.56 Å². The first-order valence-electron chi connectivity index (χ1n) is 10.0. The largest absolute Gasteiger partial charge is 0.493 e. The first-order valence-corrected chi connectivity index (χ1v) is 10.4. The molecule has 8 nitrogen and oxygen atoms in total. The summed E-state index contributed by atoms with van der Waals surface area (Å²) < 4.78 is 10.7. The van der Waals surface area contributed by atoms with Gasteiger partial charge in [-0.15, -0.1) is 0 Å². The Morgan fingerprint density at radius 1 is 1.03 bits per heavy atom. The van der Waals surface area contributed by atoms with Gasteiger partial charge in [0, 0.05) is 47.2 Å². The molecule has 0 saturated carbocycles. The maximum Gasteiger partial charge on any atom is 0.269 e. The molecule has 1 amide bonds. The quantitative estimate of drug-likeness (QED) is 0.531. The monoisotopic (exact) mass is 456 g/mol. The zero-order chi connectivity index (χ0) is 23.0. The van der Waals surface area contributed by atoms with Crippen LogP contribution >= 0.6 is 11.6 Å². The van der Waals surface area contributed by atoms with Gasteiger partial charge in [-0.3, -0.25) is 19.7 Å². The van der Waals surface area contributed by atoms with Crippen molar-refractivity contribution in [3.8, 4) is 11.5 Å². The number of carbonyl (C=O) groups is 2. The van der Waals surface area contributed by atoms with Crippen LogP contribution in [0.3, 0.4) is 0 Å². The SMILES string of the molecule is COc1ccc([C@@H]2CC(=O)C3=C(C2)NC(=O)C[C@@H]3c2cc([N+](=O)[O-])ccc2Cl)cc1OC. The summed E-state index contributed by atoms with van der Waals surface area (Å²) in [5, 5.41) is 14.4. The Balaban J connectivity index is 1.73. The lowest BCUT2D eigenvalue weighted by atomic mass is 9.73. The molecule has 0 unspecified atom stereocenters. The van der Waals surface area contributed by atoms with Gasteiger partial charge < -0.3 is 14.8 Å². The van der Waals surface area contributed by atoms with Crippen LogP contribution in [0.1, 0.15) is 42.2 Å². The van der Waals surface area contributed by atoms with Gasteiger partial charge in [-0.25, -0.2) is 0 Å². The second kappa shape index (κ2) is 8.63. The second-order valence-corrected chi connectivity index (χ2v) is 8.21. The maximum atomic E-state index is 13.3. The van der Waals surface area contributed by atoms with Crippen molar-refractivity contribution in [2.45, 2.75) is 31.1 Å². The number of nitrogens with zero attached hydrogens (tertiary/aromatic N) is 1. The molecule has 1 aliphatic heterocycles. The molecule has 0 saturated heterocycles. The zero-order valence-corrected chi connectivity index (χ0v) is 18.3. The lowest BCUT2D eigenvalue weighted by Crippen LogP contribution is -2.38. The second-order valence-electron chi connectivity index (χ2n) is 7.80. The number of allylic oxidation sites excluding steroid dienone is 2. The fraction of sp³-hybridized carbons (Fsp3) is 0.304. The van der Waals surface area contributed by atoms with Crippen LogP contribution in [0.4, 0.5) is 5.69 Å². The molecule has 4 rings (SSSR count). The van der Waals surface area contributed by atoms with Crippen molar-refractivity contribution in [3.05, 3.63) is 73.9 Å². The maximum absolute atomic E-state index is 13.3. The van der Waals surface area contributed by atoms with E-state index in [4.69, 9.17) is 21.1 Å². The van der Waals surface area contributed by atoms with Gasteiger partial charge in [0.2, 0.25) is 5.91 Å². The van der Waals surface area contributed by atoms with E-state index in [0.29, 0.717) is 34.8 Å². The molecule has 2 aliphatic rings. The highest BCUT2D eigenvalue weighted by Crippen LogP contribution is 2.45. The number of ether oxygens (including phenoxy) is 2. The van der Waals surface area contributed by atoms with Crippen LogP contribution in [0.15, 0.2) is 47.7 Å². The predicted octanol–water partition coefficient (Wildman–Crippen LogP) is 4.27. The Morgan fingerprint density at radius 3 is 2.47 bits per heavy atom. The first-order chi connectivity index (χ1) is 15.3. The summed E-state index contributed by atoms with van der Waals surface area (Å²) in [5.74, 6) is 0.0113. The summed E-state index contributed by atoms with van der Waals surface area (Å²) in [6.45, 7) is 0. The number of carbonyl (C=O) groups excluding carboxylic acids is 2. The van der Waals surface area contributed by atoms with Crippen LogP contribution in [0, 0.1) is 10.1 Å². The number of nitro benzene ring substituents is 1. The number of hydrogen-bond acceptors (Lipinski definition) is 6. The first kappa shape index (κ1) is 21.8. The molecule has 9 heteroatoms. The Hall–Kier alpha value is -3.39. The van der Waals surface area contributed by atoms with E-state index in [1.165, 1.54) is 18.2 Å². The Bertz CT molecular complexity index is 1160. The molecule has 0 bridgehead atoms. The van der Waals surface area contributed by atoms with Gasteiger partial charge in [0.15, 0.2) is 17.3 Å². The van der Waals surface area contributed by atoms with Crippen LogP contribution in [0.25, 0.3) is 0 Å². The van der Waals surface area contributed by atoms with Gasteiger partial charge in [0.25, 0.3) is 5.69 Å². The zero-order valence-electron chi connectivity index (χ0n) is 17.5. The molecule has 1 aliphatic carbocycles. The Morgan fingerprint density at radius 2 is 1.78 bits per heavy atom. The van der Waals surface area contributed by atoms with Gasteiger partial charge in [-0.2, -0.15) is 0 Å². The highest BCUT2D eigenvalue weighted by molar-refractivity contribution is 6.31. The molecule has 2 aromatic rings. The van der Waals surface area contributed by atoms with Crippen LogP contribution in [-0.2, 0) is 9.59 Å². The van der Waals surface area contributed by atoms with Crippen LogP contribution in [0.2, 0.25) is 5.02 Å². The Labute approximate surface area is 189 Å². The summed E-state index contributed by atoms with van der Waals surface area (Å²) in [4.78, 5) is 36.5. The third-order valence-corrected chi connectivity index (χ3v) is 6.33. The molecule has 0 aromatic heterocycles. The van der Waals surface area contributed by atoms with Gasteiger partial charge in [0.05, 0.1) is 19.1 Å². The molecule has 1 N–H and O–H groups in total. The lowest BCUT2D eigenvalue weighted by Gasteiger charge is -2.34. The van der Waals surface area contributed by atoms with E-state index in [9.17, 15) is 19.7 Å². The minimum absolute atomic E-state index is 0.00643. The van der Waals surface area contributed by atoms with E-state index in [1.807, 2.05) is 12.1 Å². The van der Waals surface area contributed by atoms with E-state index in [-0.39, 0.29) is 41.2 Å². The average Bonchev–Trinajstić information content (AvgIpc) is 2.77. The van der Waals surface area contributed by atoms with Gasteiger partial charge in [-0.1, -0.05) is 17.7 Å². The van der Waals surface area contributed by atoms with E-state index < -0.39 is 10.8 Å². The summed E-state index contributed by atoms with van der Waals surface area (Å²) >= 11 is 6.33. The summed E-state index contributed by atoms with van der Waals surface area (Å²) in [6, 6.07) is 9.59. The van der Waals surface area contributed by atoms with Crippen molar-refractivity contribution < 1.29 is 24.0 Å². The molecule has 32 heavy (non-hydrogen) atoms. The number of halogens is 1. The third-order valence-electron chi connectivity index (χ3n) is 5.98. The van der Waals surface area contributed by atoms with Gasteiger partial charge >= 0.3 is 0 Å². The van der Waals surface area contributed by atoms with Gasteiger partial charge in [-0.05, 0) is 41.7 Å². The molecule has 1 heterocycles. The highest BCUT2D eigenvalue weighted by atomic mass is 35.5. The van der Waals surface area contributed by atoms with Crippen LogP contribution < -0.4 is 14.8 Å². The normalized spacial score (nSPS) is 20.5. The van der Waals surface area contributed by atoms with E-state index >= 15 is 0 Å². The van der Waals surface area contributed by atoms with Crippen molar-refractivity contribution in [1.29, 1.82) is 0 Å². The van der Waals surface area contributed by atoms with Crippen molar-refractivity contribution in [2.24, 2.45) is 0 Å². The molecule has 0 fully saturated rings. The molecular weight excluding hydrogens is 436 g/mol. The minimum Gasteiger partial charge on any atom is -0.493 e.